The maximum absolute atomic E-state index is 5.66. The van der Waals surface area contributed by atoms with E-state index in [9.17, 15) is 0 Å². The Bertz CT molecular complexity index is 636. The van der Waals surface area contributed by atoms with Crippen molar-refractivity contribution >= 4 is 0 Å². The van der Waals surface area contributed by atoms with Gasteiger partial charge in [0.1, 0.15) is 13.2 Å². The highest BCUT2D eigenvalue weighted by Gasteiger charge is 2.17. The number of rotatable bonds is 4. The van der Waals surface area contributed by atoms with Crippen molar-refractivity contribution in [1.82, 2.24) is 15.1 Å². The molecule has 0 aliphatic carbocycles. The van der Waals surface area contributed by atoms with Gasteiger partial charge in [0.25, 0.3) is 0 Å². The molecule has 0 bridgehead atoms. The third-order valence-corrected chi connectivity index (χ3v) is 3.78. The highest BCUT2D eigenvalue weighted by Crippen LogP contribution is 2.33. The number of ether oxygens (including phenoxy) is 2. The standard InChI is InChI=1S/C16H21N3O2/c1-11-8-12(2)19(18-11)10-14(17-3)13-4-5-15-16(9-13)21-7-6-20-15/h4-5,8-9,14,17H,6-7,10H2,1-3H3. The predicted molar refractivity (Wildman–Crippen MR) is 80.9 cm³/mol. The third-order valence-electron chi connectivity index (χ3n) is 3.78. The van der Waals surface area contributed by atoms with Crippen molar-refractivity contribution < 1.29 is 9.47 Å². The fourth-order valence-electron chi connectivity index (χ4n) is 2.67. The Morgan fingerprint density at radius 2 is 1.95 bits per heavy atom. The minimum atomic E-state index is 0.179. The summed E-state index contributed by atoms with van der Waals surface area (Å²) in [6, 6.07) is 8.40. The van der Waals surface area contributed by atoms with Crippen molar-refractivity contribution in [3.63, 3.8) is 0 Å². The van der Waals surface area contributed by atoms with Crippen LogP contribution in [0, 0.1) is 13.8 Å². The van der Waals surface area contributed by atoms with Gasteiger partial charge in [0.05, 0.1) is 18.3 Å². The van der Waals surface area contributed by atoms with Gasteiger partial charge in [-0.15, -0.1) is 0 Å². The van der Waals surface area contributed by atoms with Crippen LogP contribution in [0.5, 0.6) is 11.5 Å². The van der Waals surface area contributed by atoms with Crippen LogP contribution in [0.4, 0.5) is 0 Å². The van der Waals surface area contributed by atoms with Crippen LogP contribution in [0.15, 0.2) is 24.3 Å². The highest BCUT2D eigenvalue weighted by molar-refractivity contribution is 5.44. The monoisotopic (exact) mass is 287 g/mol. The summed E-state index contributed by atoms with van der Waals surface area (Å²) in [5, 5.41) is 7.88. The van der Waals surface area contributed by atoms with Gasteiger partial charge in [0.15, 0.2) is 11.5 Å². The number of nitrogens with one attached hydrogen (secondary N) is 1. The van der Waals surface area contributed by atoms with Crippen LogP contribution in [0.25, 0.3) is 0 Å². The number of fused-ring (bicyclic) bond motifs is 1. The SMILES string of the molecule is CNC(Cn1nc(C)cc1C)c1ccc2c(c1)OCCO2. The van der Waals surface area contributed by atoms with Crippen LogP contribution >= 0.6 is 0 Å². The first-order chi connectivity index (χ1) is 10.2. The van der Waals surface area contributed by atoms with E-state index in [1.807, 2.05) is 24.7 Å². The largest absolute Gasteiger partial charge is 0.486 e. The van der Waals surface area contributed by atoms with Crippen LogP contribution in [-0.4, -0.2) is 30.0 Å². The summed E-state index contributed by atoms with van der Waals surface area (Å²) in [5.41, 5.74) is 3.39. The zero-order valence-electron chi connectivity index (χ0n) is 12.7. The zero-order valence-corrected chi connectivity index (χ0v) is 12.7. The second kappa shape index (κ2) is 5.77. The van der Waals surface area contributed by atoms with Crippen LogP contribution in [0.3, 0.4) is 0 Å². The van der Waals surface area contributed by atoms with Gasteiger partial charge in [-0.1, -0.05) is 6.07 Å². The molecule has 1 aromatic carbocycles. The van der Waals surface area contributed by atoms with Crippen molar-refractivity contribution in [3.8, 4) is 11.5 Å². The van der Waals surface area contributed by atoms with Gasteiger partial charge in [-0.2, -0.15) is 5.10 Å². The molecule has 0 spiro atoms. The number of hydrogen-bond acceptors (Lipinski definition) is 4. The van der Waals surface area contributed by atoms with Gasteiger partial charge in [0.2, 0.25) is 0 Å². The second-order valence-electron chi connectivity index (χ2n) is 5.35. The van der Waals surface area contributed by atoms with Gasteiger partial charge < -0.3 is 14.8 Å². The normalized spacial score (nSPS) is 15.0. The molecule has 112 valence electrons. The van der Waals surface area contributed by atoms with E-state index >= 15 is 0 Å². The topological polar surface area (TPSA) is 48.3 Å². The molecule has 1 atom stereocenters. The first-order valence-electron chi connectivity index (χ1n) is 7.25. The van der Waals surface area contributed by atoms with Gasteiger partial charge >= 0.3 is 0 Å². The van der Waals surface area contributed by atoms with E-state index in [1.165, 1.54) is 11.3 Å². The highest BCUT2D eigenvalue weighted by atomic mass is 16.6. The first kappa shape index (κ1) is 13.9. The van der Waals surface area contributed by atoms with Crippen molar-refractivity contribution in [1.29, 1.82) is 0 Å². The number of likely N-dealkylation sites (N-methyl/N-ethyl adjacent to an activating group) is 1. The molecule has 1 aliphatic heterocycles. The molecule has 3 rings (SSSR count). The summed E-state index contributed by atoms with van der Waals surface area (Å²) >= 11 is 0. The van der Waals surface area contributed by atoms with Gasteiger partial charge in [-0.25, -0.2) is 0 Å². The van der Waals surface area contributed by atoms with E-state index in [-0.39, 0.29) is 6.04 Å². The molecule has 5 heteroatoms. The minimum Gasteiger partial charge on any atom is -0.486 e. The van der Waals surface area contributed by atoms with Crippen LogP contribution in [0.1, 0.15) is 23.0 Å². The van der Waals surface area contributed by atoms with Crippen molar-refractivity contribution in [2.45, 2.75) is 26.4 Å². The van der Waals surface area contributed by atoms with Gasteiger partial charge in [-0.3, -0.25) is 4.68 Å². The molecule has 0 radical (unpaired) electrons. The molecule has 5 nitrogen and oxygen atoms in total. The van der Waals surface area contributed by atoms with E-state index in [0.717, 1.165) is 23.7 Å². The smallest absolute Gasteiger partial charge is 0.161 e. The number of hydrogen-bond donors (Lipinski definition) is 1. The fraction of sp³-hybridized carbons (Fsp3) is 0.438. The van der Waals surface area contributed by atoms with Gasteiger partial charge in [-0.05, 0) is 44.7 Å². The van der Waals surface area contributed by atoms with Crippen molar-refractivity contribution in [3.05, 3.63) is 41.2 Å². The van der Waals surface area contributed by atoms with Crippen LogP contribution < -0.4 is 14.8 Å². The fourth-order valence-corrected chi connectivity index (χ4v) is 2.67. The Labute approximate surface area is 124 Å². The number of benzene rings is 1. The van der Waals surface area contributed by atoms with Crippen molar-refractivity contribution in [2.24, 2.45) is 0 Å². The second-order valence-corrected chi connectivity index (χ2v) is 5.35. The minimum absolute atomic E-state index is 0.179. The molecule has 1 unspecified atom stereocenters. The van der Waals surface area contributed by atoms with Gasteiger partial charge in [0, 0.05) is 5.69 Å². The number of aryl methyl sites for hydroxylation is 2. The Morgan fingerprint density at radius 1 is 1.19 bits per heavy atom. The molecule has 1 aromatic heterocycles. The Kier molecular flexibility index (Phi) is 3.84. The molecule has 0 saturated heterocycles. The lowest BCUT2D eigenvalue weighted by molar-refractivity contribution is 0.171. The molecule has 1 N–H and O–H groups in total. The summed E-state index contributed by atoms with van der Waals surface area (Å²) in [6.45, 7) is 6.11. The van der Waals surface area contributed by atoms with E-state index in [2.05, 4.69) is 35.5 Å². The lowest BCUT2D eigenvalue weighted by atomic mass is 10.1. The summed E-state index contributed by atoms with van der Waals surface area (Å²) in [4.78, 5) is 0. The average Bonchev–Trinajstić information content (AvgIpc) is 2.82. The van der Waals surface area contributed by atoms with E-state index in [1.54, 1.807) is 0 Å². The molecule has 0 fully saturated rings. The number of aromatic nitrogens is 2. The van der Waals surface area contributed by atoms with Crippen molar-refractivity contribution in [2.75, 3.05) is 20.3 Å². The molecule has 2 heterocycles. The quantitative estimate of drug-likeness (QED) is 0.937. The number of nitrogens with zero attached hydrogens (tertiary/aromatic N) is 2. The maximum atomic E-state index is 5.66. The average molecular weight is 287 g/mol. The van der Waals surface area contributed by atoms with E-state index < -0.39 is 0 Å². The summed E-state index contributed by atoms with van der Waals surface area (Å²) in [6.07, 6.45) is 0. The molecule has 1 aliphatic rings. The Balaban J connectivity index is 1.84. The first-order valence-corrected chi connectivity index (χ1v) is 7.25. The molecule has 21 heavy (non-hydrogen) atoms. The third kappa shape index (κ3) is 2.88. The molecule has 2 aromatic rings. The lowest BCUT2D eigenvalue weighted by Crippen LogP contribution is -2.23. The molecular weight excluding hydrogens is 266 g/mol. The summed E-state index contributed by atoms with van der Waals surface area (Å²) in [5.74, 6) is 1.65. The maximum Gasteiger partial charge on any atom is 0.161 e. The van der Waals surface area contributed by atoms with Crippen LogP contribution in [-0.2, 0) is 6.54 Å². The van der Waals surface area contributed by atoms with E-state index in [0.29, 0.717) is 13.2 Å². The van der Waals surface area contributed by atoms with Crippen LogP contribution in [0.2, 0.25) is 0 Å². The Hall–Kier alpha value is -2.01. The molecule has 0 amide bonds. The Morgan fingerprint density at radius 3 is 2.62 bits per heavy atom. The summed E-state index contributed by atoms with van der Waals surface area (Å²) < 4.78 is 13.3. The molecule has 0 saturated carbocycles. The van der Waals surface area contributed by atoms with E-state index in [4.69, 9.17) is 9.47 Å². The lowest BCUT2D eigenvalue weighted by Gasteiger charge is -2.22. The predicted octanol–water partition coefficient (Wildman–Crippen LogP) is 2.23. The summed E-state index contributed by atoms with van der Waals surface area (Å²) in [7, 11) is 1.97. The molecular formula is C16H21N3O2. The zero-order chi connectivity index (χ0) is 14.8.